The third kappa shape index (κ3) is 10.0. The monoisotopic (exact) mass is 840 g/mol. The summed E-state index contributed by atoms with van der Waals surface area (Å²) in [6, 6.07) is 19.5. The van der Waals surface area contributed by atoms with Crippen LogP contribution in [0.2, 0.25) is 0 Å². The summed E-state index contributed by atoms with van der Waals surface area (Å²) in [6.07, 6.45) is 3.01. The molecule has 0 bridgehead atoms. The Hall–Kier alpha value is -8.92. The molecule has 0 aliphatic carbocycles. The van der Waals surface area contributed by atoms with Gasteiger partial charge in [-0.15, -0.1) is 0 Å². The number of phenols is 2. The number of aromatic hydroxyl groups is 2. The molecule has 6 aromatic rings. The molecule has 0 saturated carbocycles. The van der Waals surface area contributed by atoms with Gasteiger partial charge in [0.2, 0.25) is 11.8 Å². The summed E-state index contributed by atoms with van der Waals surface area (Å²) in [5.41, 5.74) is 1.65. The number of hydrogen-bond acceptors (Lipinski definition) is 13. The summed E-state index contributed by atoms with van der Waals surface area (Å²) in [4.78, 5) is 68.8. The number of carboxylic acid groups (broad SMARTS) is 1. The molecule has 1 atom stereocenters. The Balaban J connectivity index is 1.10. The Morgan fingerprint density at radius 1 is 0.661 bits per heavy atom. The van der Waals surface area contributed by atoms with Crippen LogP contribution in [0.4, 0.5) is 17.1 Å². The van der Waals surface area contributed by atoms with E-state index in [0.29, 0.717) is 28.4 Å². The first kappa shape index (κ1) is 42.7. The smallest absolute Gasteiger partial charge is 0.339 e. The number of aromatic nitrogens is 4. The molecule has 314 valence electrons. The van der Waals surface area contributed by atoms with Crippen LogP contribution in [0.5, 0.6) is 28.9 Å². The lowest BCUT2D eigenvalue weighted by Gasteiger charge is -2.18. The molecule has 4 amide bonds. The number of aromatic amines is 1. The van der Waals surface area contributed by atoms with Crippen molar-refractivity contribution >= 4 is 46.7 Å². The van der Waals surface area contributed by atoms with Crippen LogP contribution in [0, 0.1) is 11.8 Å². The second kappa shape index (κ2) is 19.2. The van der Waals surface area contributed by atoms with Gasteiger partial charge < -0.3 is 50.8 Å². The number of carbonyl (C=O) groups excluding carboxylic acids is 4. The van der Waals surface area contributed by atoms with Crippen LogP contribution in [-0.4, -0.2) is 92.7 Å². The molecule has 0 saturated heterocycles. The first-order chi connectivity index (χ1) is 29.9. The number of carboxylic acids is 1. The molecule has 0 aliphatic rings. The Bertz CT molecular complexity index is 2690. The summed E-state index contributed by atoms with van der Waals surface area (Å²) in [5, 5.41) is 51.3. The molecule has 0 radical (unpaired) electrons. The summed E-state index contributed by atoms with van der Waals surface area (Å²) < 4.78 is 15.4. The minimum absolute atomic E-state index is 0.000811. The van der Waals surface area contributed by atoms with E-state index in [0.717, 1.165) is 6.07 Å². The Kier molecular flexibility index (Phi) is 13.2. The largest absolute Gasteiger partial charge is 0.504 e. The van der Waals surface area contributed by atoms with Crippen molar-refractivity contribution in [3.63, 3.8) is 0 Å². The molecular formula is C43H36N8O11. The number of carbonyl (C=O) groups is 5. The van der Waals surface area contributed by atoms with Gasteiger partial charge in [0.25, 0.3) is 17.7 Å². The van der Waals surface area contributed by atoms with E-state index in [4.69, 9.17) is 14.2 Å². The van der Waals surface area contributed by atoms with Gasteiger partial charge in [0, 0.05) is 46.6 Å². The van der Waals surface area contributed by atoms with Gasteiger partial charge in [-0.25, -0.2) is 9.78 Å². The number of amides is 4. The highest BCUT2D eigenvalue weighted by atomic mass is 16.5. The van der Waals surface area contributed by atoms with Crippen LogP contribution in [0.3, 0.4) is 0 Å². The lowest BCUT2D eigenvalue weighted by atomic mass is 10.1. The molecule has 4 aromatic carbocycles. The van der Waals surface area contributed by atoms with E-state index >= 15 is 0 Å². The number of nitrogens with zero attached hydrogens (tertiary/aromatic N) is 3. The number of hydrogen-bond donors (Lipinski definition) is 8. The maximum atomic E-state index is 13.5. The quantitative estimate of drug-likeness (QED) is 0.0714. The molecule has 2 heterocycles. The normalized spacial score (nSPS) is 10.9. The molecule has 62 heavy (non-hydrogen) atoms. The molecular weight excluding hydrogens is 805 g/mol. The number of phenolic OH excluding ortho intramolecular Hbond substituents is 1. The van der Waals surface area contributed by atoms with Gasteiger partial charge in [-0.1, -0.05) is 11.8 Å². The standard InChI is InChI=1S/C43H36N8O11/c1-60-34-19-8-24(21-44-34)5-4-23-6-9-25(10-7-23)40(55)49-33(20-28-22-45-51-50-28)42(57)46-27-13-11-26(12-14-27)39(54)47-31-17-15-29(35(52)37(31)61-2)41(56)48-32-18-16-30(43(58)59)36(53)38(32)62-3/h6-19,21-22,33,52-53H,20H2,1-3H3,(H,46,57)(H,47,54)(H,48,56)(H,49,55)(H,58,59)(H,45,50,51)/t33-/m0/s1. The van der Waals surface area contributed by atoms with Crippen molar-refractivity contribution in [2.75, 3.05) is 37.3 Å². The summed E-state index contributed by atoms with van der Waals surface area (Å²) in [7, 11) is 3.90. The van der Waals surface area contributed by atoms with Crippen molar-refractivity contribution in [1.82, 2.24) is 25.7 Å². The van der Waals surface area contributed by atoms with Crippen molar-refractivity contribution in [3.8, 4) is 40.7 Å². The average Bonchev–Trinajstić information content (AvgIpc) is 3.79. The van der Waals surface area contributed by atoms with E-state index in [1.807, 2.05) is 0 Å². The summed E-state index contributed by atoms with van der Waals surface area (Å²) >= 11 is 0. The average molecular weight is 841 g/mol. The van der Waals surface area contributed by atoms with Crippen molar-refractivity contribution in [2.24, 2.45) is 0 Å². The van der Waals surface area contributed by atoms with Gasteiger partial charge in [-0.3, -0.25) is 19.2 Å². The van der Waals surface area contributed by atoms with Gasteiger partial charge in [-0.05, 0) is 78.9 Å². The van der Waals surface area contributed by atoms with Crippen LogP contribution < -0.4 is 35.5 Å². The number of rotatable bonds is 14. The lowest BCUT2D eigenvalue weighted by Crippen LogP contribution is -2.45. The van der Waals surface area contributed by atoms with Gasteiger partial charge in [0.1, 0.15) is 11.6 Å². The van der Waals surface area contributed by atoms with Crippen molar-refractivity contribution in [3.05, 3.63) is 136 Å². The number of aromatic carboxylic acids is 1. The number of nitrogens with one attached hydrogen (secondary N) is 5. The van der Waals surface area contributed by atoms with Gasteiger partial charge in [-0.2, -0.15) is 15.4 Å². The molecule has 0 unspecified atom stereocenters. The molecule has 2 aromatic heterocycles. The molecule has 0 fully saturated rings. The minimum atomic E-state index is -1.42. The maximum Gasteiger partial charge on any atom is 0.339 e. The van der Waals surface area contributed by atoms with Crippen LogP contribution in [0.25, 0.3) is 0 Å². The molecule has 0 aliphatic heterocycles. The third-order valence-corrected chi connectivity index (χ3v) is 9.00. The Morgan fingerprint density at radius 2 is 1.24 bits per heavy atom. The predicted octanol–water partition coefficient (Wildman–Crippen LogP) is 4.22. The number of H-pyrrole nitrogens is 1. The zero-order valence-electron chi connectivity index (χ0n) is 33.0. The second-order valence-corrected chi connectivity index (χ2v) is 13.0. The molecule has 0 spiro atoms. The number of ether oxygens (including phenoxy) is 3. The fraction of sp³-hybridized carbons (Fsp3) is 0.116. The van der Waals surface area contributed by atoms with Crippen LogP contribution >= 0.6 is 0 Å². The second-order valence-electron chi connectivity index (χ2n) is 13.0. The highest BCUT2D eigenvalue weighted by molar-refractivity contribution is 6.10. The van der Waals surface area contributed by atoms with E-state index in [1.54, 1.807) is 42.6 Å². The van der Waals surface area contributed by atoms with E-state index in [9.17, 15) is 39.3 Å². The molecule has 8 N–H and O–H groups in total. The number of pyridine rings is 1. The Labute approximate surface area is 352 Å². The third-order valence-electron chi connectivity index (χ3n) is 9.00. The number of anilines is 3. The zero-order chi connectivity index (χ0) is 44.3. The predicted molar refractivity (Wildman–Crippen MR) is 222 cm³/mol. The summed E-state index contributed by atoms with van der Waals surface area (Å²) in [5.74, 6) is 0.525. The van der Waals surface area contributed by atoms with Gasteiger partial charge in [0.15, 0.2) is 23.0 Å². The fourth-order valence-corrected chi connectivity index (χ4v) is 5.83. The zero-order valence-corrected chi connectivity index (χ0v) is 33.0. The SMILES string of the molecule is COc1ccc(C#Cc2ccc(C(=O)N[C@@H](Cc3cn[nH]n3)C(=O)Nc3ccc(C(=O)Nc4ccc(C(=O)Nc5ccc(C(=O)O)c(O)c5OC)c(O)c4OC)cc3)cc2)cn1. The van der Waals surface area contributed by atoms with Crippen molar-refractivity contribution in [1.29, 1.82) is 0 Å². The molecule has 19 nitrogen and oxygen atoms in total. The van der Waals surface area contributed by atoms with Crippen LogP contribution in [0.15, 0.2) is 97.3 Å². The maximum absolute atomic E-state index is 13.5. The first-order valence-electron chi connectivity index (χ1n) is 18.2. The van der Waals surface area contributed by atoms with Crippen LogP contribution in [-0.2, 0) is 11.2 Å². The van der Waals surface area contributed by atoms with E-state index < -0.39 is 52.7 Å². The van der Waals surface area contributed by atoms with E-state index in [2.05, 4.69) is 53.5 Å². The molecule has 6 rings (SSSR count). The minimum Gasteiger partial charge on any atom is -0.504 e. The van der Waals surface area contributed by atoms with Gasteiger partial charge in [0.05, 0.1) is 50.2 Å². The summed E-state index contributed by atoms with van der Waals surface area (Å²) in [6.45, 7) is 0. The highest BCUT2D eigenvalue weighted by Gasteiger charge is 2.25. The first-order valence-corrected chi connectivity index (χ1v) is 18.2. The van der Waals surface area contributed by atoms with Crippen molar-refractivity contribution < 1.29 is 53.5 Å². The van der Waals surface area contributed by atoms with Crippen LogP contribution in [0.1, 0.15) is 58.3 Å². The highest BCUT2D eigenvalue weighted by Crippen LogP contribution is 2.40. The van der Waals surface area contributed by atoms with E-state index in [1.165, 1.54) is 70.0 Å². The number of methoxy groups -OCH3 is 3. The van der Waals surface area contributed by atoms with Gasteiger partial charge >= 0.3 is 5.97 Å². The number of benzene rings is 4. The fourth-order valence-electron chi connectivity index (χ4n) is 5.83. The Morgan fingerprint density at radius 3 is 1.82 bits per heavy atom. The van der Waals surface area contributed by atoms with E-state index in [-0.39, 0.29) is 46.0 Å². The molecule has 19 heteroatoms. The van der Waals surface area contributed by atoms with Crippen molar-refractivity contribution in [2.45, 2.75) is 12.5 Å². The lowest BCUT2D eigenvalue weighted by molar-refractivity contribution is -0.118. The topological polar surface area (TPSA) is 276 Å².